The molecule has 0 radical (unpaired) electrons. The van der Waals surface area contributed by atoms with Gasteiger partial charge in [0.2, 0.25) is 0 Å². The highest BCUT2D eigenvalue weighted by atomic mass is 16.2. The Morgan fingerprint density at radius 2 is 2.26 bits per heavy atom. The van der Waals surface area contributed by atoms with Crippen LogP contribution in [0.25, 0.3) is 0 Å². The number of hydrogen-bond donors (Lipinski definition) is 2. The number of carbonyl (C=O) groups is 1. The van der Waals surface area contributed by atoms with Crippen LogP contribution in [0.4, 0.5) is 5.69 Å². The summed E-state index contributed by atoms with van der Waals surface area (Å²) in [6.07, 6.45) is 0. The second-order valence-corrected chi connectivity index (χ2v) is 4.57. The minimum atomic E-state index is -0.192. The van der Waals surface area contributed by atoms with E-state index in [-0.39, 0.29) is 11.8 Å². The zero-order chi connectivity index (χ0) is 14.4. The Balaban J connectivity index is 3.03. The fraction of sp³-hybridized carbons (Fsp3) is 0.429. The first kappa shape index (κ1) is 15.0. The highest BCUT2D eigenvalue weighted by molar-refractivity contribution is 5.99. The van der Waals surface area contributed by atoms with Gasteiger partial charge in [0.05, 0.1) is 23.2 Å². The SMILES string of the molecule is CCN(CC(C)C#N)C(=O)c1cc(C)ccc1NN. The average Bonchev–Trinajstić information content (AvgIpc) is 2.43. The summed E-state index contributed by atoms with van der Waals surface area (Å²) in [6.45, 7) is 6.60. The summed E-state index contributed by atoms with van der Waals surface area (Å²) in [5, 5.41) is 8.86. The molecule has 102 valence electrons. The molecule has 0 aliphatic rings. The molecule has 0 bridgehead atoms. The van der Waals surface area contributed by atoms with Crippen LogP contribution in [-0.4, -0.2) is 23.9 Å². The van der Waals surface area contributed by atoms with Crippen molar-refractivity contribution in [2.75, 3.05) is 18.5 Å². The molecule has 1 aromatic rings. The van der Waals surface area contributed by atoms with Gasteiger partial charge in [-0.25, -0.2) is 0 Å². The molecule has 0 saturated carbocycles. The number of rotatable bonds is 5. The van der Waals surface area contributed by atoms with Crippen LogP contribution < -0.4 is 11.3 Å². The molecule has 19 heavy (non-hydrogen) atoms. The van der Waals surface area contributed by atoms with Crippen molar-refractivity contribution in [2.24, 2.45) is 11.8 Å². The van der Waals surface area contributed by atoms with Crippen molar-refractivity contribution in [2.45, 2.75) is 20.8 Å². The summed E-state index contributed by atoms with van der Waals surface area (Å²) >= 11 is 0. The number of amides is 1. The van der Waals surface area contributed by atoms with Crippen LogP contribution in [0.15, 0.2) is 18.2 Å². The molecule has 1 amide bonds. The Labute approximate surface area is 114 Å². The van der Waals surface area contributed by atoms with Crippen molar-refractivity contribution in [3.8, 4) is 6.07 Å². The predicted octanol–water partition coefficient (Wildman–Crippen LogP) is 1.90. The van der Waals surface area contributed by atoms with E-state index in [2.05, 4.69) is 11.5 Å². The molecule has 5 nitrogen and oxygen atoms in total. The molecule has 0 aliphatic heterocycles. The van der Waals surface area contributed by atoms with Crippen molar-refractivity contribution in [3.05, 3.63) is 29.3 Å². The van der Waals surface area contributed by atoms with E-state index in [1.807, 2.05) is 19.9 Å². The fourth-order valence-electron chi connectivity index (χ4n) is 1.86. The van der Waals surface area contributed by atoms with Gasteiger partial charge in [0.1, 0.15) is 0 Å². The van der Waals surface area contributed by atoms with Gasteiger partial charge in [-0.05, 0) is 32.9 Å². The summed E-state index contributed by atoms with van der Waals surface area (Å²) in [5.74, 6) is 5.13. The molecule has 0 saturated heterocycles. The topological polar surface area (TPSA) is 82.2 Å². The van der Waals surface area contributed by atoms with Gasteiger partial charge in [-0.3, -0.25) is 10.6 Å². The fourth-order valence-corrected chi connectivity index (χ4v) is 1.86. The third kappa shape index (κ3) is 3.70. The number of hydrazine groups is 1. The van der Waals surface area contributed by atoms with Crippen molar-refractivity contribution < 1.29 is 4.79 Å². The highest BCUT2D eigenvalue weighted by Crippen LogP contribution is 2.19. The molecule has 1 unspecified atom stereocenters. The Kier molecular flexibility index (Phi) is 5.34. The van der Waals surface area contributed by atoms with Crippen LogP contribution in [0.3, 0.4) is 0 Å². The Morgan fingerprint density at radius 3 is 2.79 bits per heavy atom. The lowest BCUT2D eigenvalue weighted by atomic mass is 10.1. The minimum Gasteiger partial charge on any atom is -0.338 e. The molecular weight excluding hydrogens is 240 g/mol. The van der Waals surface area contributed by atoms with E-state index >= 15 is 0 Å². The van der Waals surface area contributed by atoms with Gasteiger partial charge in [0.25, 0.3) is 5.91 Å². The molecule has 1 atom stereocenters. The smallest absolute Gasteiger partial charge is 0.256 e. The van der Waals surface area contributed by atoms with E-state index in [1.54, 1.807) is 24.0 Å². The van der Waals surface area contributed by atoms with E-state index in [1.165, 1.54) is 0 Å². The molecule has 0 fully saturated rings. The number of anilines is 1. The van der Waals surface area contributed by atoms with Crippen molar-refractivity contribution in [1.82, 2.24) is 4.90 Å². The number of aryl methyl sites for hydroxylation is 1. The van der Waals surface area contributed by atoms with Crippen molar-refractivity contribution >= 4 is 11.6 Å². The van der Waals surface area contributed by atoms with Crippen LogP contribution in [0.2, 0.25) is 0 Å². The van der Waals surface area contributed by atoms with Gasteiger partial charge in [-0.15, -0.1) is 0 Å². The third-order valence-electron chi connectivity index (χ3n) is 2.94. The zero-order valence-corrected chi connectivity index (χ0v) is 11.6. The second kappa shape index (κ2) is 6.76. The monoisotopic (exact) mass is 260 g/mol. The average molecular weight is 260 g/mol. The van der Waals surface area contributed by atoms with E-state index < -0.39 is 0 Å². The molecule has 1 rings (SSSR count). The number of nitrogen functional groups attached to an aromatic ring is 1. The summed E-state index contributed by atoms with van der Waals surface area (Å²) in [7, 11) is 0. The van der Waals surface area contributed by atoms with Gasteiger partial charge in [-0.2, -0.15) is 5.26 Å². The lowest BCUT2D eigenvalue weighted by Crippen LogP contribution is -2.35. The number of nitriles is 1. The number of nitrogens with one attached hydrogen (secondary N) is 1. The van der Waals surface area contributed by atoms with E-state index in [4.69, 9.17) is 11.1 Å². The van der Waals surface area contributed by atoms with Crippen LogP contribution in [0, 0.1) is 24.2 Å². The first-order valence-corrected chi connectivity index (χ1v) is 6.29. The standard InChI is InChI=1S/C14H20N4O/c1-4-18(9-11(3)8-15)14(19)12-7-10(2)5-6-13(12)17-16/h5-7,11,17H,4,9,16H2,1-3H3. The first-order chi connectivity index (χ1) is 9.03. The highest BCUT2D eigenvalue weighted by Gasteiger charge is 2.19. The second-order valence-electron chi connectivity index (χ2n) is 4.57. The molecule has 0 aromatic heterocycles. The molecule has 3 N–H and O–H groups in total. The predicted molar refractivity (Wildman–Crippen MR) is 75.3 cm³/mol. The normalized spacial score (nSPS) is 11.5. The lowest BCUT2D eigenvalue weighted by Gasteiger charge is -2.23. The number of nitrogens with two attached hydrogens (primary N) is 1. The van der Waals surface area contributed by atoms with Crippen molar-refractivity contribution in [1.29, 1.82) is 5.26 Å². The van der Waals surface area contributed by atoms with Gasteiger partial charge in [-0.1, -0.05) is 11.6 Å². The quantitative estimate of drug-likeness (QED) is 0.625. The van der Waals surface area contributed by atoms with E-state index in [0.29, 0.717) is 24.3 Å². The number of benzene rings is 1. The summed E-state index contributed by atoms with van der Waals surface area (Å²) in [5.41, 5.74) is 4.66. The van der Waals surface area contributed by atoms with E-state index in [0.717, 1.165) is 5.56 Å². The maximum absolute atomic E-state index is 12.5. The van der Waals surface area contributed by atoms with E-state index in [9.17, 15) is 4.79 Å². The lowest BCUT2D eigenvalue weighted by molar-refractivity contribution is 0.0753. The molecule has 0 aliphatic carbocycles. The molecule has 0 spiro atoms. The first-order valence-electron chi connectivity index (χ1n) is 6.29. The summed E-state index contributed by atoms with van der Waals surface area (Å²) in [6, 6.07) is 7.62. The van der Waals surface area contributed by atoms with Gasteiger partial charge >= 0.3 is 0 Å². The Morgan fingerprint density at radius 1 is 1.58 bits per heavy atom. The van der Waals surface area contributed by atoms with Crippen LogP contribution >= 0.6 is 0 Å². The molecule has 0 heterocycles. The van der Waals surface area contributed by atoms with Gasteiger partial charge < -0.3 is 10.3 Å². The minimum absolute atomic E-state index is 0.110. The van der Waals surface area contributed by atoms with Crippen molar-refractivity contribution in [3.63, 3.8) is 0 Å². The largest absolute Gasteiger partial charge is 0.338 e. The number of hydrogen-bond acceptors (Lipinski definition) is 4. The van der Waals surface area contributed by atoms with Crippen LogP contribution in [0.5, 0.6) is 0 Å². The summed E-state index contributed by atoms with van der Waals surface area (Å²) in [4.78, 5) is 14.1. The number of carbonyl (C=O) groups excluding carboxylic acids is 1. The molecular formula is C14H20N4O. The molecule has 1 aromatic carbocycles. The van der Waals surface area contributed by atoms with Crippen LogP contribution in [0.1, 0.15) is 29.8 Å². The van der Waals surface area contributed by atoms with Gasteiger partial charge in [0, 0.05) is 13.1 Å². The number of nitrogens with zero attached hydrogens (tertiary/aromatic N) is 2. The maximum Gasteiger partial charge on any atom is 0.256 e. The van der Waals surface area contributed by atoms with Crippen LogP contribution in [-0.2, 0) is 0 Å². The zero-order valence-electron chi connectivity index (χ0n) is 11.6. The molecule has 5 heteroatoms. The Hall–Kier alpha value is -2.06. The van der Waals surface area contributed by atoms with Gasteiger partial charge in [0.15, 0.2) is 0 Å². The summed E-state index contributed by atoms with van der Waals surface area (Å²) < 4.78 is 0. The maximum atomic E-state index is 12.5. The third-order valence-corrected chi connectivity index (χ3v) is 2.94. The Bertz CT molecular complexity index is 493.